The van der Waals surface area contributed by atoms with Crippen LogP contribution in [-0.4, -0.2) is 38.5 Å². The first-order valence-corrected chi connectivity index (χ1v) is 7.71. The Morgan fingerprint density at radius 2 is 2.06 bits per heavy atom. The van der Waals surface area contributed by atoms with Crippen LogP contribution in [0.1, 0.15) is 33.1 Å². The molecule has 1 aromatic rings. The van der Waals surface area contributed by atoms with E-state index in [1.54, 1.807) is 6.26 Å². The van der Waals surface area contributed by atoms with Crippen LogP contribution >= 0.6 is 0 Å². The molecule has 0 saturated carbocycles. The van der Waals surface area contributed by atoms with E-state index >= 15 is 0 Å². The van der Waals surface area contributed by atoms with Gasteiger partial charge in [0.2, 0.25) is 5.89 Å². The van der Waals surface area contributed by atoms with Crippen LogP contribution in [0.3, 0.4) is 0 Å². The zero-order valence-corrected chi connectivity index (χ0v) is 12.3. The predicted octanol–water partition coefficient (Wildman–Crippen LogP) is 1.14. The van der Waals surface area contributed by atoms with Crippen LogP contribution in [0.2, 0.25) is 0 Å². The van der Waals surface area contributed by atoms with Gasteiger partial charge in [0.25, 0.3) is 0 Å². The lowest BCUT2D eigenvalue weighted by Crippen LogP contribution is -2.35. The lowest BCUT2D eigenvalue weighted by Gasteiger charge is -2.18. The van der Waals surface area contributed by atoms with E-state index in [0.29, 0.717) is 30.7 Å². The highest BCUT2D eigenvalue weighted by Crippen LogP contribution is 2.07. The van der Waals surface area contributed by atoms with E-state index in [2.05, 4.69) is 41.6 Å². The van der Waals surface area contributed by atoms with Crippen molar-refractivity contribution in [3.05, 3.63) is 5.89 Å². The van der Waals surface area contributed by atoms with Crippen LogP contribution in [0.4, 0.5) is 6.01 Å². The van der Waals surface area contributed by atoms with Crippen molar-refractivity contribution < 1.29 is 8.63 Å². The first-order valence-electron chi connectivity index (χ1n) is 5.98. The fraction of sp³-hybridized carbons (Fsp3) is 0.818. The first kappa shape index (κ1) is 15.1. The molecule has 0 aromatic carbocycles. The molecule has 2 N–H and O–H groups in total. The Balaban J connectivity index is 2.28. The van der Waals surface area contributed by atoms with Crippen LogP contribution in [0, 0.1) is 0 Å². The Bertz CT molecular complexity index is 387. The lowest BCUT2D eigenvalue weighted by atomic mass is 10.1. The highest BCUT2D eigenvalue weighted by Gasteiger charge is 2.11. The molecule has 104 valence electrons. The minimum Gasteiger partial charge on any atom is -0.407 e. The van der Waals surface area contributed by atoms with E-state index in [1.165, 1.54) is 0 Å². The molecule has 6 nitrogen and oxygen atoms in total. The quantitative estimate of drug-likeness (QED) is 0.726. The summed E-state index contributed by atoms with van der Waals surface area (Å²) in [6.07, 6.45) is 2.52. The Morgan fingerprint density at radius 1 is 1.33 bits per heavy atom. The largest absolute Gasteiger partial charge is 0.407 e. The second-order valence-corrected chi connectivity index (χ2v) is 6.72. The second kappa shape index (κ2) is 6.84. The van der Waals surface area contributed by atoms with Crippen LogP contribution in [-0.2, 0) is 17.3 Å². The molecule has 1 rings (SSSR count). The highest BCUT2D eigenvalue weighted by molar-refractivity contribution is 7.84. The number of anilines is 1. The lowest BCUT2D eigenvalue weighted by molar-refractivity contribution is 0.383. The molecule has 1 unspecified atom stereocenters. The molecule has 0 aliphatic heterocycles. The fourth-order valence-corrected chi connectivity index (χ4v) is 1.76. The third-order valence-electron chi connectivity index (χ3n) is 2.12. The maximum atomic E-state index is 10.9. The molecule has 7 heteroatoms. The van der Waals surface area contributed by atoms with Crippen molar-refractivity contribution in [3.8, 4) is 0 Å². The summed E-state index contributed by atoms with van der Waals surface area (Å²) in [7, 11) is -0.748. The predicted molar refractivity (Wildman–Crippen MR) is 72.9 cm³/mol. The zero-order valence-electron chi connectivity index (χ0n) is 11.4. The van der Waals surface area contributed by atoms with Crippen molar-refractivity contribution in [1.82, 2.24) is 15.5 Å². The maximum Gasteiger partial charge on any atom is 0.315 e. The van der Waals surface area contributed by atoms with Crippen molar-refractivity contribution in [2.45, 2.75) is 39.3 Å². The third-order valence-corrected chi connectivity index (χ3v) is 2.99. The van der Waals surface area contributed by atoms with Crippen LogP contribution in [0.5, 0.6) is 0 Å². The van der Waals surface area contributed by atoms with Gasteiger partial charge in [0, 0.05) is 34.9 Å². The summed E-state index contributed by atoms with van der Waals surface area (Å²) < 4.78 is 16.3. The summed E-state index contributed by atoms with van der Waals surface area (Å²) in [6, 6.07) is 0.419. The average molecular weight is 274 g/mol. The van der Waals surface area contributed by atoms with Gasteiger partial charge in [-0.2, -0.15) is 0 Å². The second-order valence-electron chi connectivity index (χ2n) is 5.16. The van der Waals surface area contributed by atoms with Crippen LogP contribution in [0.25, 0.3) is 0 Å². The van der Waals surface area contributed by atoms with Crippen LogP contribution in [0.15, 0.2) is 4.42 Å². The average Bonchev–Trinajstić information content (AvgIpc) is 2.68. The third kappa shape index (κ3) is 6.70. The number of aromatic nitrogens is 2. The van der Waals surface area contributed by atoms with Gasteiger partial charge in [-0.3, -0.25) is 4.21 Å². The number of hydrogen-bond donors (Lipinski definition) is 2. The van der Waals surface area contributed by atoms with Gasteiger partial charge < -0.3 is 15.1 Å². The molecule has 0 radical (unpaired) electrons. The van der Waals surface area contributed by atoms with E-state index in [4.69, 9.17) is 4.42 Å². The first-order chi connectivity index (χ1) is 8.37. The molecule has 1 heterocycles. The summed E-state index contributed by atoms with van der Waals surface area (Å²) in [5.74, 6) is 1.24. The van der Waals surface area contributed by atoms with Crippen molar-refractivity contribution >= 4 is 16.8 Å². The van der Waals surface area contributed by atoms with Gasteiger partial charge in [-0.05, 0) is 27.2 Å². The SMILES string of the molecule is CS(=O)CCCNc1nnc(CNC(C)(C)C)o1. The van der Waals surface area contributed by atoms with Gasteiger partial charge in [-0.15, -0.1) is 5.10 Å². The van der Waals surface area contributed by atoms with Gasteiger partial charge in [0.1, 0.15) is 0 Å². The normalized spacial score (nSPS) is 13.6. The Morgan fingerprint density at radius 3 is 2.67 bits per heavy atom. The smallest absolute Gasteiger partial charge is 0.315 e. The number of nitrogens with one attached hydrogen (secondary N) is 2. The van der Waals surface area contributed by atoms with E-state index in [1.807, 2.05) is 0 Å². The zero-order chi connectivity index (χ0) is 13.6. The van der Waals surface area contributed by atoms with Crippen LogP contribution < -0.4 is 10.6 Å². The van der Waals surface area contributed by atoms with Crippen molar-refractivity contribution in [3.63, 3.8) is 0 Å². The Kier molecular flexibility index (Phi) is 5.74. The van der Waals surface area contributed by atoms with Gasteiger partial charge in [0.05, 0.1) is 6.54 Å². The van der Waals surface area contributed by atoms with Gasteiger partial charge >= 0.3 is 6.01 Å². The molecule has 18 heavy (non-hydrogen) atoms. The van der Waals surface area contributed by atoms with Crippen molar-refractivity contribution in [2.75, 3.05) is 23.9 Å². The number of rotatable bonds is 7. The summed E-state index contributed by atoms with van der Waals surface area (Å²) >= 11 is 0. The van der Waals surface area contributed by atoms with Gasteiger partial charge in [-0.25, -0.2) is 0 Å². The summed E-state index contributed by atoms with van der Waals surface area (Å²) in [6.45, 7) is 7.47. The molecule has 1 atom stereocenters. The fourth-order valence-electron chi connectivity index (χ4n) is 1.21. The number of hydrogen-bond acceptors (Lipinski definition) is 6. The minimum atomic E-state index is -0.748. The van der Waals surface area contributed by atoms with Gasteiger partial charge in [0.15, 0.2) is 0 Å². The van der Waals surface area contributed by atoms with Crippen molar-refractivity contribution in [2.24, 2.45) is 0 Å². The molecule has 0 amide bonds. The highest BCUT2D eigenvalue weighted by atomic mass is 32.2. The van der Waals surface area contributed by atoms with E-state index in [9.17, 15) is 4.21 Å². The summed E-state index contributed by atoms with van der Waals surface area (Å²) in [5, 5.41) is 14.1. The summed E-state index contributed by atoms with van der Waals surface area (Å²) in [5.41, 5.74) is 0.0211. The van der Waals surface area contributed by atoms with Gasteiger partial charge in [-0.1, -0.05) is 5.10 Å². The standard InChI is InChI=1S/C11H22N4O2S/c1-11(2,3)13-8-9-14-15-10(17-9)12-6-5-7-18(4)16/h13H,5-8H2,1-4H3,(H,12,15). The molecule has 0 aliphatic rings. The maximum absolute atomic E-state index is 10.9. The molecule has 1 aromatic heterocycles. The van der Waals surface area contributed by atoms with Crippen molar-refractivity contribution in [1.29, 1.82) is 0 Å². The number of nitrogens with zero attached hydrogens (tertiary/aromatic N) is 2. The van der Waals surface area contributed by atoms with E-state index in [-0.39, 0.29) is 5.54 Å². The molecule has 0 spiro atoms. The molecular weight excluding hydrogens is 252 g/mol. The minimum absolute atomic E-state index is 0.0211. The molecule has 0 saturated heterocycles. The summed E-state index contributed by atoms with van der Waals surface area (Å²) in [4.78, 5) is 0. The molecule has 0 bridgehead atoms. The molecule has 0 aliphatic carbocycles. The monoisotopic (exact) mass is 274 g/mol. The van der Waals surface area contributed by atoms with E-state index < -0.39 is 10.8 Å². The molecule has 0 fully saturated rings. The Labute approximate surface area is 110 Å². The van der Waals surface area contributed by atoms with E-state index in [0.717, 1.165) is 6.42 Å². The topological polar surface area (TPSA) is 80.0 Å². The Hall–Kier alpha value is -0.950. The molecular formula is C11H22N4O2S.